The molecular formula is C9H11IN2O2S. The number of halogens is 1. The second-order valence-corrected chi connectivity index (χ2v) is 6.54. The van der Waals surface area contributed by atoms with Gasteiger partial charge in [-0.2, -0.15) is 0 Å². The van der Waals surface area contributed by atoms with E-state index >= 15 is 0 Å². The summed E-state index contributed by atoms with van der Waals surface area (Å²) in [6.45, 7) is 0. The molecule has 1 aliphatic carbocycles. The van der Waals surface area contributed by atoms with E-state index in [1.165, 1.54) is 0 Å². The van der Waals surface area contributed by atoms with Gasteiger partial charge >= 0.3 is 0 Å². The topological polar surface area (TPSA) is 72.2 Å². The molecular weight excluding hydrogens is 327 g/mol. The van der Waals surface area contributed by atoms with E-state index in [2.05, 4.69) is 27.3 Å². The summed E-state index contributed by atoms with van der Waals surface area (Å²) >= 11 is 2.13. The Morgan fingerprint density at radius 3 is 2.33 bits per heavy atom. The largest absolute Gasteiger partial charge is 0.326 e. The third-order valence-corrected chi connectivity index (χ3v) is 4.50. The molecule has 1 saturated carbocycles. The van der Waals surface area contributed by atoms with E-state index in [1.54, 1.807) is 24.3 Å². The van der Waals surface area contributed by atoms with Crippen LogP contribution in [0.1, 0.15) is 6.42 Å². The highest BCUT2D eigenvalue weighted by atomic mass is 127. The minimum absolute atomic E-state index is 0.0244. The van der Waals surface area contributed by atoms with E-state index in [-0.39, 0.29) is 12.1 Å². The van der Waals surface area contributed by atoms with Crippen LogP contribution in [0.4, 0.5) is 0 Å². The zero-order valence-electron chi connectivity index (χ0n) is 7.85. The van der Waals surface area contributed by atoms with Crippen molar-refractivity contribution in [2.45, 2.75) is 23.4 Å². The van der Waals surface area contributed by atoms with Crippen molar-refractivity contribution in [1.82, 2.24) is 4.72 Å². The molecule has 0 aliphatic heterocycles. The zero-order valence-corrected chi connectivity index (χ0v) is 10.8. The smallest absolute Gasteiger partial charge is 0.240 e. The first-order valence-electron chi connectivity index (χ1n) is 4.52. The van der Waals surface area contributed by atoms with Gasteiger partial charge in [-0.25, -0.2) is 13.1 Å². The third kappa shape index (κ3) is 2.68. The minimum atomic E-state index is -3.38. The Morgan fingerprint density at radius 2 is 1.87 bits per heavy atom. The molecule has 82 valence electrons. The summed E-state index contributed by atoms with van der Waals surface area (Å²) in [5.74, 6) is 0. The van der Waals surface area contributed by atoms with E-state index in [9.17, 15) is 8.42 Å². The summed E-state index contributed by atoms with van der Waals surface area (Å²) in [4.78, 5) is 0.294. The first-order valence-corrected chi connectivity index (χ1v) is 7.09. The highest BCUT2D eigenvalue weighted by molar-refractivity contribution is 14.1. The quantitative estimate of drug-likeness (QED) is 0.796. The Balaban J connectivity index is 2.18. The van der Waals surface area contributed by atoms with Crippen LogP contribution in [-0.4, -0.2) is 20.5 Å². The van der Waals surface area contributed by atoms with E-state index in [4.69, 9.17) is 5.73 Å². The fourth-order valence-electron chi connectivity index (χ4n) is 1.23. The molecule has 15 heavy (non-hydrogen) atoms. The number of hydrogen-bond donors (Lipinski definition) is 2. The van der Waals surface area contributed by atoms with Gasteiger partial charge in [-0.3, -0.25) is 0 Å². The Morgan fingerprint density at radius 1 is 1.33 bits per heavy atom. The maximum Gasteiger partial charge on any atom is 0.240 e. The second kappa shape index (κ2) is 4.00. The van der Waals surface area contributed by atoms with Crippen molar-refractivity contribution >= 4 is 32.6 Å². The van der Waals surface area contributed by atoms with Crippen LogP contribution in [0.5, 0.6) is 0 Å². The Labute approximate surface area is 102 Å². The lowest BCUT2D eigenvalue weighted by Crippen LogP contribution is -2.29. The summed E-state index contributed by atoms with van der Waals surface area (Å²) in [7, 11) is -3.38. The van der Waals surface area contributed by atoms with Gasteiger partial charge in [-0.1, -0.05) is 0 Å². The van der Waals surface area contributed by atoms with Gasteiger partial charge in [-0.05, 0) is 53.3 Å². The summed E-state index contributed by atoms with van der Waals surface area (Å²) in [5, 5.41) is 0. The number of sulfonamides is 1. The summed E-state index contributed by atoms with van der Waals surface area (Å²) in [6, 6.07) is 6.61. The van der Waals surface area contributed by atoms with Crippen LogP contribution in [0, 0.1) is 3.57 Å². The molecule has 0 aromatic heterocycles. The van der Waals surface area contributed by atoms with Crippen LogP contribution in [0.15, 0.2) is 29.2 Å². The molecule has 2 unspecified atom stereocenters. The monoisotopic (exact) mass is 338 g/mol. The maximum atomic E-state index is 11.8. The second-order valence-electron chi connectivity index (χ2n) is 3.58. The van der Waals surface area contributed by atoms with Crippen molar-refractivity contribution in [3.05, 3.63) is 27.8 Å². The predicted molar refractivity (Wildman–Crippen MR) is 65.9 cm³/mol. The fourth-order valence-corrected chi connectivity index (χ4v) is 2.89. The Kier molecular flexibility index (Phi) is 3.02. The molecule has 3 N–H and O–H groups in total. The SMILES string of the molecule is NC1CC1NS(=O)(=O)c1ccc(I)cc1. The van der Waals surface area contributed by atoms with E-state index < -0.39 is 10.0 Å². The molecule has 0 heterocycles. The molecule has 1 aliphatic rings. The minimum Gasteiger partial charge on any atom is -0.326 e. The lowest BCUT2D eigenvalue weighted by Gasteiger charge is -2.05. The van der Waals surface area contributed by atoms with Gasteiger partial charge in [0.05, 0.1) is 4.90 Å². The van der Waals surface area contributed by atoms with Crippen molar-refractivity contribution in [2.24, 2.45) is 5.73 Å². The molecule has 1 aromatic carbocycles. The van der Waals surface area contributed by atoms with Crippen LogP contribution in [0.2, 0.25) is 0 Å². The fraction of sp³-hybridized carbons (Fsp3) is 0.333. The van der Waals surface area contributed by atoms with Crippen molar-refractivity contribution in [3.63, 3.8) is 0 Å². The molecule has 2 rings (SSSR count). The lowest BCUT2D eigenvalue weighted by molar-refractivity contribution is 0.580. The standard InChI is InChI=1S/C9H11IN2O2S/c10-6-1-3-7(4-2-6)15(13,14)12-9-5-8(9)11/h1-4,8-9,12H,5,11H2. The van der Waals surface area contributed by atoms with Gasteiger partial charge in [0.2, 0.25) is 10.0 Å². The highest BCUT2D eigenvalue weighted by Crippen LogP contribution is 2.21. The van der Waals surface area contributed by atoms with Crippen LogP contribution in [-0.2, 0) is 10.0 Å². The number of nitrogens with one attached hydrogen (secondary N) is 1. The van der Waals surface area contributed by atoms with Crippen molar-refractivity contribution in [1.29, 1.82) is 0 Å². The van der Waals surface area contributed by atoms with E-state index in [0.717, 1.165) is 9.99 Å². The first kappa shape index (κ1) is 11.3. The molecule has 0 amide bonds. The molecule has 0 radical (unpaired) electrons. The van der Waals surface area contributed by atoms with Crippen LogP contribution < -0.4 is 10.5 Å². The average molecular weight is 338 g/mol. The lowest BCUT2D eigenvalue weighted by atomic mass is 10.4. The van der Waals surface area contributed by atoms with Gasteiger partial charge < -0.3 is 5.73 Å². The molecule has 0 spiro atoms. The number of nitrogens with two attached hydrogens (primary N) is 1. The predicted octanol–water partition coefficient (Wildman–Crippen LogP) is 0.669. The maximum absolute atomic E-state index is 11.8. The van der Waals surface area contributed by atoms with Gasteiger partial charge in [0.1, 0.15) is 0 Å². The molecule has 4 nitrogen and oxygen atoms in total. The van der Waals surface area contributed by atoms with Gasteiger partial charge in [0, 0.05) is 15.7 Å². The van der Waals surface area contributed by atoms with Crippen LogP contribution in [0.3, 0.4) is 0 Å². The average Bonchev–Trinajstić information content (AvgIpc) is 2.81. The zero-order chi connectivity index (χ0) is 11.1. The highest BCUT2D eigenvalue weighted by Gasteiger charge is 2.37. The normalized spacial score (nSPS) is 25.2. The molecule has 2 atom stereocenters. The Bertz CT molecular complexity index is 458. The van der Waals surface area contributed by atoms with Gasteiger partial charge in [0.25, 0.3) is 0 Å². The molecule has 6 heteroatoms. The van der Waals surface area contributed by atoms with Gasteiger partial charge in [0.15, 0.2) is 0 Å². The number of hydrogen-bond acceptors (Lipinski definition) is 3. The van der Waals surface area contributed by atoms with Gasteiger partial charge in [-0.15, -0.1) is 0 Å². The van der Waals surface area contributed by atoms with E-state index in [1.807, 2.05) is 0 Å². The number of rotatable bonds is 3. The third-order valence-electron chi connectivity index (χ3n) is 2.27. The van der Waals surface area contributed by atoms with Crippen molar-refractivity contribution < 1.29 is 8.42 Å². The summed E-state index contributed by atoms with van der Waals surface area (Å²) in [6.07, 6.45) is 0.726. The van der Waals surface area contributed by atoms with E-state index in [0.29, 0.717) is 4.90 Å². The molecule has 1 fully saturated rings. The van der Waals surface area contributed by atoms with Crippen molar-refractivity contribution in [2.75, 3.05) is 0 Å². The molecule has 0 saturated heterocycles. The number of benzene rings is 1. The first-order chi connectivity index (χ1) is 6.99. The van der Waals surface area contributed by atoms with Crippen LogP contribution in [0.25, 0.3) is 0 Å². The Hall–Kier alpha value is -0.180. The van der Waals surface area contributed by atoms with Crippen molar-refractivity contribution in [3.8, 4) is 0 Å². The molecule has 1 aromatic rings. The summed E-state index contributed by atoms with van der Waals surface area (Å²) in [5.41, 5.74) is 5.55. The molecule has 0 bridgehead atoms. The van der Waals surface area contributed by atoms with Crippen LogP contribution >= 0.6 is 22.6 Å². The summed E-state index contributed by atoms with van der Waals surface area (Å²) < 4.78 is 27.1.